The summed E-state index contributed by atoms with van der Waals surface area (Å²) in [5, 5.41) is 0. The van der Waals surface area contributed by atoms with Gasteiger partial charge in [-0.1, -0.05) is 32.0 Å². The van der Waals surface area contributed by atoms with Crippen LogP contribution in [0.5, 0.6) is 0 Å². The van der Waals surface area contributed by atoms with Gasteiger partial charge >= 0.3 is 0 Å². The minimum Gasteiger partial charge on any atom is -0.316 e. The maximum Gasteiger partial charge on any atom is 0.255 e. The second kappa shape index (κ2) is 9.25. The number of nitrogens with zero attached hydrogens (tertiary/aromatic N) is 3. The van der Waals surface area contributed by atoms with Crippen LogP contribution in [0.15, 0.2) is 53.4 Å². The second-order valence-corrected chi connectivity index (χ2v) is 10.7. The van der Waals surface area contributed by atoms with Crippen molar-refractivity contribution in [2.45, 2.75) is 31.2 Å². The minimum atomic E-state index is -3.55. The van der Waals surface area contributed by atoms with Crippen LogP contribution in [0.1, 0.15) is 29.8 Å². The highest BCUT2D eigenvalue weighted by Crippen LogP contribution is 2.34. The summed E-state index contributed by atoms with van der Waals surface area (Å²) in [4.78, 5) is 30.0. The molecule has 0 N–H and O–H groups in total. The third kappa shape index (κ3) is 4.04. The monoisotopic (exact) mass is 473 g/mol. The first kappa shape index (κ1) is 22.8. The molecule has 1 atom stereocenters. The van der Waals surface area contributed by atoms with Gasteiger partial charge in [0.2, 0.25) is 10.0 Å². The largest absolute Gasteiger partial charge is 0.316 e. The molecule has 2 heterocycles. The highest BCUT2D eigenvalue weighted by molar-refractivity contribution is 7.99. The summed E-state index contributed by atoms with van der Waals surface area (Å²) in [5.41, 5.74) is 2.15. The molecule has 0 bridgehead atoms. The number of benzene rings is 2. The van der Waals surface area contributed by atoms with E-state index in [0.29, 0.717) is 43.2 Å². The number of hydrogen-bond acceptors (Lipinski definition) is 5. The molecule has 0 unspecified atom stereocenters. The molecule has 1 saturated heterocycles. The lowest BCUT2D eigenvalue weighted by Crippen LogP contribution is -2.48. The number of hydrogen-bond donors (Lipinski definition) is 0. The Bertz CT molecular complexity index is 1120. The molecule has 2 aliphatic heterocycles. The van der Waals surface area contributed by atoms with Gasteiger partial charge < -0.3 is 9.80 Å². The van der Waals surface area contributed by atoms with Gasteiger partial charge in [0, 0.05) is 36.6 Å². The predicted molar refractivity (Wildman–Crippen MR) is 126 cm³/mol. The highest BCUT2D eigenvalue weighted by Gasteiger charge is 2.39. The van der Waals surface area contributed by atoms with Crippen LogP contribution in [-0.2, 0) is 21.2 Å². The zero-order valence-corrected chi connectivity index (χ0v) is 19.9. The van der Waals surface area contributed by atoms with E-state index in [9.17, 15) is 18.0 Å². The molecule has 7 nitrogen and oxygen atoms in total. The van der Waals surface area contributed by atoms with Gasteiger partial charge in [-0.25, -0.2) is 8.42 Å². The van der Waals surface area contributed by atoms with Crippen LogP contribution in [0, 0.1) is 0 Å². The van der Waals surface area contributed by atoms with E-state index >= 15 is 0 Å². The minimum absolute atomic E-state index is 0.114. The number of carbonyl (C=O) groups excluding carboxylic acids is 2. The van der Waals surface area contributed by atoms with Crippen LogP contribution in [0.2, 0.25) is 0 Å². The average molecular weight is 474 g/mol. The van der Waals surface area contributed by atoms with Gasteiger partial charge in [0.15, 0.2) is 0 Å². The van der Waals surface area contributed by atoms with Crippen molar-refractivity contribution in [3.8, 4) is 0 Å². The lowest BCUT2D eigenvalue weighted by molar-refractivity contribution is -0.121. The van der Waals surface area contributed by atoms with Crippen molar-refractivity contribution in [3.05, 3.63) is 59.7 Å². The van der Waals surface area contributed by atoms with Crippen molar-refractivity contribution in [2.75, 3.05) is 36.2 Å². The standard InChI is InChI=1S/C23H27N3O4S2/c1-3-24(4-2)32(29,30)19-10-11-20-18(14-19)12-13-25(20)23(28)21-15-31-16-26(21)22(27)17-8-6-5-7-9-17/h5-11,14,21H,3-4,12-13,15-16H2,1-2H3/t21-/m0/s1. The lowest BCUT2D eigenvalue weighted by atomic mass is 10.1. The van der Waals surface area contributed by atoms with E-state index < -0.39 is 16.1 Å². The lowest BCUT2D eigenvalue weighted by Gasteiger charge is -2.28. The highest BCUT2D eigenvalue weighted by atomic mass is 32.2. The normalized spacial score (nSPS) is 18.3. The molecular formula is C23H27N3O4S2. The summed E-state index contributed by atoms with van der Waals surface area (Å²) >= 11 is 1.57. The van der Waals surface area contributed by atoms with Gasteiger partial charge in [-0.2, -0.15) is 4.31 Å². The van der Waals surface area contributed by atoms with E-state index in [1.807, 2.05) is 32.0 Å². The van der Waals surface area contributed by atoms with E-state index in [1.165, 1.54) is 4.31 Å². The molecule has 9 heteroatoms. The third-order valence-electron chi connectivity index (χ3n) is 6.00. The van der Waals surface area contributed by atoms with Crippen molar-refractivity contribution in [1.29, 1.82) is 0 Å². The molecule has 4 rings (SSSR count). The molecule has 2 aromatic carbocycles. The third-order valence-corrected chi connectivity index (χ3v) is 9.06. The van der Waals surface area contributed by atoms with Crippen LogP contribution in [0.25, 0.3) is 0 Å². The van der Waals surface area contributed by atoms with Crippen LogP contribution in [0.4, 0.5) is 5.69 Å². The molecule has 2 aromatic rings. The van der Waals surface area contributed by atoms with Crippen molar-refractivity contribution in [3.63, 3.8) is 0 Å². The summed E-state index contributed by atoms with van der Waals surface area (Å²) in [5.74, 6) is 0.773. The molecule has 0 aliphatic carbocycles. The molecule has 170 valence electrons. The molecule has 2 aliphatic rings. The summed E-state index contributed by atoms with van der Waals surface area (Å²) in [6.07, 6.45) is 0.592. The quantitative estimate of drug-likeness (QED) is 0.645. The fourth-order valence-electron chi connectivity index (χ4n) is 4.25. The van der Waals surface area contributed by atoms with Crippen molar-refractivity contribution in [2.24, 2.45) is 0 Å². The summed E-state index contributed by atoms with van der Waals surface area (Å²) in [6.45, 7) is 4.93. The average Bonchev–Trinajstić information content (AvgIpc) is 3.46. The zero-order chi connectivity index (χ0) is 22.9. The molecular weight excluding hydrogens is 446 g/mol. The van der Waals surface area contributed by atoms with Gasteiger partial charge in [-0.3, -0.25) is 9.59 Å². The first-order valence-corrected chi connectivity index (χ1v) is 13.4. The number of fused-ring (bicyclic) bond motifs is 1. The molecule has 0 aromatic heterocycles. The maximum absolute atomic E-state index is 13.4. The Morgan fingerprint density at radius 3 is 2.50 bits per heavy atom. The Morgan fingerprint density at radius 2 is 1.81 bits per heavy atom. The predicted octanol–water partition coefficient (Wildman–Crippen LogP) is 2.82. The summed E-state index contributed by atoms with van der Waals surface area (Å²) in [6, 6.07) is 13.5. The van der Waals surface area contributed by atoms with Gasteiger partial charge in [-0.15, -0.1) is 11.8 Å². The summed E-state index contributed by atoms with van der Waals surface area (Å²) < 4.78 is 27.2. The molecule has 0 radical (unpaired) electrons. The number of amides is 2. The smallest absolute Gasteiger partial charge is 0.255 e. The van der Waals surface area contributed by atoms with Crippen molar-refractivity contribution >= 4 is 39.3 Å². The molecule has 1 fully saturated rings. The SMILES string of the molecule is CCN(CC)S(=O)(=O)c1ccc2c(c1)CCN2C(=O)[C@@H]1CSCN1C(=O)c1ccccc1. The van der Waals surface area contributed by atoms with Crippen LogP contribution >= 0.6 is 11.8 Å². The first-order chi connectivity index (χ1) is 15.4. The number of thioether (sulfide) groups is 1. The van der Waals surface area contributed by atoms with E-state index in [4.69, 9.17) is 0 Å². The van der Waals surface area contributed by atoms with Gasteiger partial charge in [0.25, 0.3) is 11.8 Å². The molecule has 2 amide bonds. The Balaban J connectivity index is 1.56. The van der Waals surface area contributed by atoms with E-state index in [-0.39, 0.29) is 16.7 Å². The Hall–Kier alpha value is -2.36. The summed E-state index contributed by atoms with van der Waals surface area (Å²) in [7, 11) is -3.55. The van der Waals surface area contributed by atoms with E-state index in [1.54, 1.807) is 51.9 Å². The first-order valence-electron chi connectivity index (χ1n) is 10.8. The fourth-order valence-corrected chi connectivity index (χ4v) is 6.91. The molecule has 32 heavy (non-hydrogen) atoms. The topological polar surface area (TPSA) is 78.0 Å². The Labute approximate surface area is 193 Å². The van der Waals surface area contributed by atoms with Crippen LogP contribution in [0.3, 0.4) is 0 Å². The zero-order valence-electron chi connectivity index (χ0n) is 18.2. The van der Waals surface area contributed by atoms with Crippen molar-refractivity contribution < 1.29 is 18.0 Å². The molecule has 0 spiro atoms. The van der Waals surface area contributed by atoms with E-state index in [0.717, 1.165) is 11.3 Å². The fraction of sp³-hybridized carbons (Fsp3) is 0.391. The number of sulfonamides is 1. The van der Waals surface area contributed by atoms with Crippen molar-refractivity contribution in [1.82, 2.24) is 9.21 Å². The van der Waals surface area contributed by atoms with Crippen LogP contribution in [-0.4, -0.2) is 66.7 Å². The van der Waals surface area contributed by atoms with Crippen LogP contribution < -0.4 is 4.90 Å². The van der Waals surface area contributed by atoms with Gasteiger partial charge in [0.1, 0.15) is 6.04 Å². The number of anilines is 1. The Morgan fingerprint density at radius 1 is 1.09 bits per heavy atom. The van der Waals surface area contributed by atoms with E-state index in [2.05, 4.69) is 0 Å². The maximum atomic E-state index is 13.4. The number of carbonyl (C=O) groups is 2. The number of rotatable bonds is 6. The second-order valence-electron chi connectivity index (χ2n) is 7.78. The Kier molecular flexibility index (Phi) is 6.60. The molecule has 0 saturated carbocycles. The van der Waals surface area contributed by atoms with Gasteiger partial charge in [-0.05, 0) is 42.3 Å². The van der Waals surface area contributed by atoms with Gasteiger partial charge in [0.05, 0.1) is 10.8 Å².